The smallest absolute Gasteiger partial charge is 0.0820 e. The van der Waals surface area contributed by atoms with Crippen molar-refractivity contribution in [2.24, 2.45) is 0 Å². The van der Waals surface area contributed by atoms with E-state index in [1.54, 1.807) is 11.3 Å². The topological polar surface area (TPSA) is 48.4 Å². The Balaban J connectivity index is 1.30. The molecule has 1 saturated heterocycles. The number of β-amino-alcohol motifs (C(OH)–C–C–N with tert-alkyl or cyclic N) is 1. The van der Waals surface area contributed by atoms with Gasteiger partial charge in [-0.25, -0.2) is 4.98 Å². The number of hydrogen-bond acceptors (Lipinski definition) is 5. The molecule has 2 N–H and O–H groups in total. The summed E-state index contributed by atoms with van der Waals surface area (Å²) in [6.07, 6.45) is 2.87. The molecule has 4 rings (SSSR count). The zero-order chi connectivity index (χ0) is 15.6. The van der Waals surface area contributed by atoms with Gasteiger partial charge in [-0.15, -0.1) is 11.3 Å². The average molecular weight is 329 g/mol. The Morgan fingerprint density at radius 2 is 2.04 bits per heavy atom. The second kappa shape index (κ2) is 6.69. The van der Waals surface area contributed by atoms with Gasteiger partial charge in [0, 0.05) is 37.1 Å². The molecule has 4 nitrogen and oxygen atoms in total. The average Bonchev–Trinajstić information content (AvgIpc) is 3.18. The highest BCUT2D eigenvalue weighted by Gasteiger charge is 2.31. The van der Waals surface area contributed by atoms with E-state index in [9.17, 15) is 5.11 Å². The molecular weight excluding hydrogens is 306 g/mol. The molecular formula is C18H23N3OS. The summed E-state index contributed by atoms with van der Waals surface area (Å²) in [4.78, 5) is 6.65. The van der Waals surface area contributed by atoms with Crippen LogP contribution in [0.2, 0.25) is 0 Å². The minimum absolute atomic E-state index is 0.209. The van der Waals surface area contributed by atoms with Crippen LogP contribution in [0.1, 0.15) is 23.2 Å². The number of thiazole rings is 1. The van der Waals surface area contributed by atoms with Gasteiger partial charge in [-0.2, -0.15) is 0 Å². The van der Waals surface area contributed by atoms with Gasteiger partial charge in [0.1, 0.15) is 0 Å². The quantitative estimate of drug-likeness (QED) is 0.899. The predicted octanol–water partition coefficient (Wildman–Crippen LogP) is 1.84. The van der Waals surface area contributed by atoms with Crippen LogP contribution in [0.5, 0.6) is 0 Å². The number of nitrogens with one attached hydrogen (secondary N) is 1. The summed E-state index contributed by atoms with van der Waals surface area (Å²) in [5.41, 5.74) is 5.90. The van der Waals surface area contributed by atoms with Crippen molar-refractivity contribution in [3.63, 3.8) is 0 Å². The number of nitrogens with zero attached hydrogens (tertiary/aromatic N) is 2. The van der Waals surface area contributed by atoms with Crippen LogP contribution in [-0.2, 0) is 19.4 Å². The molecule has 2 aliphatic rings. The Hall–Kier alpha value is -1.27. The van der Waals surface area contributed by atoms with Gasteiger partial charge >= 0.3 is 0 Å². The number of hydrogen-bond donors (Lipinski definition) is 2. The Labute approximate surface area is 141 Å². The van der Waals surface area contributed by atoms with E-state index in [0.717, 1.165) is 44.6 Å². The monoisotopic (exact) mass is 329 g/mol. The van der Waals surface area contributed by atoms with Crippen molar-refractivity contribution in [2.75, 3.05) is 13.1 Å². The van der Waals surface area contributed by atoms with Crippen LogP contribution >= 0.6 is 11.3 Å². The van der Waals surface area contributed by atoms with Crippen LogP contribution in [0.25, 0.3) is 0 Å². The molecule has 1 aromatic carbocycles. The van der Waals surface area contributed by atoms with E-state index < -0.39 is 0 Å². The molecule has 0 unspecified atom stereocenters. The largest absolute Gasteiger partial charge is 0.390 e. The Morgan fingerprint density at radius 3 is 2.70 bits per heavy atom. The summed E-state index contributed by atoms with van der Waals surface area (Å²) in [5, 5.41) is 16.3. The molecule has 122 valence electrons. The summed E-state index contributed by atoms with van der Waals surface area (Å²) in [5.74, 6) is 0. The van der Waals surface area contributed by atoms with Crippen molar-refractivity contribution in [2.45, 2.75) is 44.0 Å². The van der Waals surface area contributed by atoms with Crippen molar-refractivity contribution in [1.82, 2.24) is 15.2 Å². The minimum atomic E-state index is -0.300. The fourth-order valence-electron chi connectivity index (χ4n) is 3.86. The van der Waals surface area contributed by atoms with E-state index in [1.807, 2.05) is 5.51 Å². The lowest BCUT2D eigenvalue weighted by molar-refractivity contribution is 0.0329. The lowest BCUT2D eigenvalue weighted by Gasteiger charge is -2.37. The van der Waals surface area contributed by atoms with Crippen molar-refractivity contribution in [3.8, 4) is 0 Å². The number of likely N-dealkylation sites (tertiary alicyclic amines) is 1. The summed E-state index contributed by atoms with van der Waals surface area (Å²) >= 11 is 1.63. The maximum atomic E-state index is 10.5. The zero-order valence-electron chi connectivity index (χ0n) is 13.2. The SMILES string of the molecule is O[C@@H]1CN(Cc2cscn2)CC[C@H]1NC1Cc2ccccc2C1. The molecule has 1 aliphatic heterocycles. The predicted molar refractivity (Wildman–Crippen MR) is 92.6 cm³/mol. The number of aliphatic hydroxyl groups is 1. The first-order valence-electron chi connectivity index (χ1n) is 8.38. The third kappa shape index (κ3) is 3.48. The first kappa shape index (κ1) is 15.3. The van der Waals surface area contributed by atoms with Gasteiger partial charge in [-0.1, -0.05) is 24.3 Å². The van der Waals surface area contributed by atoms with Gasteiger partial charge < -0.3 is 10.4 Å². The highest BCUT2D eigenvalue weighted by molar-refractivity contribution is 7.07. The second-order valence-electron chi connectivity index (χ2n) is 6.72. The van der Waals surface area contributed by atoms with E-state index in [2.05, 4.69) is 44.8 Å². The van der Waals surface area contributed by atoms with Gasteiger partial charge in [-0.05, 0) is 30.4 Å². The second-order valence-corrected chi connectivity index (χ2v) is 7.44. The molecule has 2 atom stereocenters. The van der Waals surface area contributed by atoms with Crippen LogP contribution in [0.3, 0.4) is 0 Å². The molecule has 1 fully saturated rings. The van der Waals surface area contributed by atoms with Crippen LogP contribution in [0.15, 0.2) is 35.2 Å². The molecule has 2 heterocycles. The third-order valence-corrected chi connectivity index (χ3v) is 5.67. The summed E-state index contributed by atoms with van der Waals surface area (Å²) in [6.45, 7) is 2.60. The van der Waals surface area contributed by atoms with Crippen molar-refractivity contribution < 1.29 is 5.11 Å². The standard InChI is InChI=1S/C18H23N3OS/c22-18-10-21(9-16-11-23-12-19-16)6-5-17(18)20-15-7-13-3-1-2-4-14(13)8-15/h1-4,11-12,15,17-18,20,22H,5-10H2/t17-,18-/m1/s1. The van der Waals surface area contributed by atoms with E-state index in [1.165, 1.54) is 11.1 Å². The lowest BCUT2D eigenvalue weighted by atomic mass is 10.00. The van der Waals surface area contributed by atoms with E-state index in [-0.39, 0.29) is 12.1 Å². The minimum Gasteiger partial charge on any atom is -0.390 e. The summed E-state index contributed by atoms with van der Waals surface area (Å²) in [7, 11) is 0. The van der Waals surface area contributed by atoms with Crippen molar-refractivity contribution in [3.05, 3.63) is 52.0 Å². The maximum absolute atomic E-state index is 10.5. The van der Waals surface area contributed by atoms with E-state index >= 15 is 0 Å². The number of piperidine rings is 1. The van der Waals surface area contributed by atoms with Crippen LogP contribution in [0.4, 0.5) is 0 Å². The number of aromatic nitrogens is 1. The molecule has 5 heteroatoms. The number of fused-ring (bicyclic) bond motifs is 1. The summed E-state index contributed by atoms with van der Waals surface area (Å²) in [6, 6.07) is 9.37. The van der Waals surface area contributed by atoms with Crippen LogP contribution < -0.4 is 5.32 Å². The lowest BCUT2D eigenvalue weighted by Crippen LogP contribution is -2.55. The van der Waals surface area contributed by atoms with Crippen LogP contribution in [0, 0.1) is 0 Å². The van der Waals surface area contributed by atoms with E-state index in [0.29, 0.717) is 6.04 Å². The van der Waals surface area contributed by atoms with E-state index in [4.69, 9.17) is 0 Å². The Morgan fingerprint density at radius 1 is 1.26 bits per heavy atom. The zero-order valence-corrected chi connectivity index (χ0v) is 14.0. The fourth-order valence-corrected chi connectivity index (χ4v) is 4.41. The Bertz CT molecular complexity index is 620. The molecule has 0 bridgehead atoms. The molecule has 0 spiro atoms. The van der Waals surface area contributed by atoms with Gasteiger partial charge in [-0.3, -0.25) is 4.90 Å². The van der Waals surface area contributed by atoms with Crippen LogP contribution in [-0.4, -0.2) is 46.3 Å². The summed E-state index contributed by atoms with van der Waals surface area (Å²) < 4.78 is 0. The molecule has 0 amide bonds. The molecule has 23 heavy (non-hydrogen) atoms. The number of aliphatic hydroxyl groups excluding tert-OH is 1. The van der Waals surface area contributed by atoms with Gasteiger partial charge in [0.15, 0.2) is 0 Å². The van der Waals surface area contributed by atoms with Gasteiger partial charge in [0.25, 0.3) is 0 Å². The molecule has 0 saturated carbocycles. The highest BCUT2D eigenvalue weighted by Crippen LogP contribution is 2.23. The molecule has 1 aromatic heterocycles. The third-order valence-electron chi connectivity index (χ3n) is 5.04. The van der Waals surface area contributed by atoms with Gasteiger partial charge in [0.05, 0.1) is 17.3 Å². The first-order chi connectivity index (χ1) is 11.3. The fraction of sp³-hybridized carbons (Fsp3) is 0.500. The maximum Gasteiger partial charge on any atom is 0.0820 e. The van der Waals surface area contributed by atoms with Crippen molar-refractivity contribution in [1.29, 1.82) is 0 Å². The molecule has 2 aromatic rings. The van der Waals surface area contributed by atoms with Gasteiger partial charge in [0.2, 0.25) is 0 Å². The number of benzene rings is 1. The first-order valence-corrected chi connectivity index (χ1v) is 9.32. The number of rotatable bonds is 4. The highest BCUT2D eigenvalue weighted by atomic mass is 32.1. The normalized spacial score (nSPS) is 25.6. The van der Waals surface area contributed by atoms with Crippen molar-refractivity contribution >= 4 is 11.3 Å². The molecule has 0 radical (unpaired) electrons. The Kier molecular flexibility index (Phi) is 4.44. The molecule has 1 aliphatic carbocycles.